The first-order chi connectivity index (χ1) is 37.1. The van der Waals surface area contributed by atoms with Gasteiger partial charge in [0.05, 0.1) is 12.2 Å². The van der Waals surface area contributed by atoms with Crippen LogP contribution >= 0.6 is 0 Å². The molecule has 0 saturated heterocycles. The third-order valence-corrected chi connectivity index (χ3v) is 16.3. The van der Waals surface area contributed by atoms with Crippen LogP contribution in [0.25, 0.3) is 0 Å². The number of carbonyl (C=O) groups is 2. The maximum absolute atomic E-state index is 13.0. The van der Waals surface area contributed by atoms with Crippen molar-refractivity contribution in [2.45, 2.75) is 366 Å². The van der Waals surface area contributed by atoms with E-state index in [0.29, 0.717) is 25.8 Å². The van der Waals surface area contributed by atoms with E-state index in [2.05, 4.69) is 32.6 Å². The molecule has 0 spiro atoms. The monoisotopic (exact) mass is 1070 g/mol. The Kier molecular flexibility index (Phi) is 51.5. The molecule has 76 heavy (non-hydrogen) atoms. The number of carbonyl (C=O) groups excluding carboxylic acids is 2. The van der Waals surface area contributed by atoms with E-state index in [-0.39, 0.29) is 30.2 Å². The fourth-order valence-electron chi connectivity index (χ4n) is 11.3. The van der Waals surface area contributed by atoms with Crippen molar-refractivity contribution in [2.75, 3.05) is 32.7 Å². The molecular formula is C66H130N4O6. The maximum Gasteiger partial charge on any atom is 0.306 e. The van der Waals surface area contributed by atoms with E-state index >= 15 is 0 Å². The molecule has 0 heterocycles. The fourth-order valence-corrected chi connectivity index (χ4v) is 11.3. The van der Waals surface area contributed by atoms with Gasteiger partial charge in [0.15, 0.2) is 0 Å². The summed E-state index contributed by atoms with van der Waals surface area (Å²) >= 11 is 0. The zero-order valence-corrected chi connectivity index (χ0v) is 51.0. The van der Waals surface area contributed by atoms with Crippen LogP contribution in [0.1, 0.15) is 336 Å². The number of esters is 2. The highest BCUT2D eigenvalue weighted by Crippen LogP contribution is 2.24. The van der Waals surface area contributed by atoms with Gasteiger partial charge in [-0.1, -0.05) is 213 Å². The zero-order valence-electron chi connectivity index (χ0n) is 51.0. The molecule has 1 rings (SSSR count). The molecule has 0 amide bonds. The summed E-state index contributed by atoms with van der Waals surface area (Å²) in [4.78, 5) is 28.7. The van der Waals surface area contributed by atoms with Gasteiger partial charge in [-0.3, -0.25) is 15.4 Å². The van der Waals surface area contributed by atoms with Gasteiger partial charge in [0.1, 0.15) is 12.2 Å². The summed E-state index contributed by atoms with van der Waals surface area (Å²) < 4.78 is 12.3. The highest BCUT2D eigenvalue weighted by atomic mass is 16.5. The molecule has 0 aliphatic heterocycles. The molecule has 1 aliphatic carbocycles. The number of hydrazine groups is 1. The van der Waals surface area contributed by atoms with E-state index in [1.807, 2.05) is 11.1 Å². The minimum atomic E-state index is -0.728. The van der Waals surface area contributed by atoms with Crippen LogP contribution in [0, 0.1) is 0 Å². The first-order valence-electron chi connectivity index (χ1n) is 33.5. The summed E-state index contributed by atoms with van der Waals surface area (Å²) in [5.74, 6) is 6.43. The van der Waals surface area contributed by atoms with E-state index in [0.717, 1.165) is 135 Å². The second-order valence-electron chi connectivity index (χ2n) is 24.0. The Morgan fingerprint density at radius 2 is 0.829 bits per heavy atom. The van der Waals surface area contributed by atoms with Gasteiger partial charge in [0.25, 0.3) is 0 Å². The number of nitrogens with two attached hydrogens (primary N) is 2. The second kappa shape index (κ2) is 54.0. The standard InChI is InChI=1S/C66H130N4O6/c1-5-9-13-17-23-31-45-61(46-32-24-18-14-10-6-2)75-65(73)49-35-27-21-29-39-53-69(55-41-38-44-60(67)58-70(68)56-42-37-43-59-51-52-63(71)64(72)57-59)54-40-30-22-28-36-50-66(74)76-62(47-33-25-19-15-11-7-3)48-34-26-20-16-12-8-4/h57,60-64,71-72H,5-56,58,67-68H2,1-4H3. The fraction of sp³-hybridized carbons (Fsp3) is 0.939. The molecule has 0 aromatic rings. The molecule has 0 bridgehead atoms. The summed E-state index contributed by atoms with van der Waals surface area (Å²) in [6.45, 7) is 13.9. The molecule has 0 radical (unpaired) electrons. The van der Waals surface area contributed by atoms with Gasteiger partial charge < -0.3 is 30.3 Å². The van der Waals surface area contributed by atoms with Gasteiger partial charge in [-0.15, -0.1) is 0 Å². The van der Waals surface area contributed by atoms with E-state index in [9.17, 15) is 19.8 Å². The Bertz CT molecular complexity index is 1210. The summed E-state index contributed by atoms with van der Waals surface area (Å²) in [5.41, 5.74) is 7.85. The van der Waals surface area contributed by atoms with Crippen molar-refractivity contribution < 1.29 is 29.3 Å². The van der Waals surface area contributed by atoms with Gasteiger partial charge in [-0.05, 0) is 142 Å². The lowest BCUT2D eigenvalue weighted by Crippen LogP contribution is -2.42. The van der Waals surface area contributed by atoms with Crippen LogP contribution in [0.5, 0.6) is 0 Å². The predicted molar refractivity (Wildman–Crippen MR) is 324 cm³/mol. The maximum atomic E-state index is 13.0. The predicted octanol–water partition coefficient (Wildman–Crippen LogP) is 17.1. The molecule has 450 valence electrons. The summed E-state index contributed by atoms with van der Waals surface area (Å²) in [6, 6.07) is 0.0590. The molecule has 6 N–H and O–H groups in total. The minimum Gasteiger partial charge on any atom is -0.462 e. The molecular weight excluding hydrogens is 945 g/mol. The highest BCUT2D eigenvalue weighted by Gasteiger charge is 2.21. The SMILES string of the molecule is CCCCCCCCC(CCCCCCCC)OC(=O)CCCCCCCN(CCCCCCCC(=O)OC(CCCCCCCC)CCCCCCCC)CCCCC(N)CN(N)CCCCC1=CC(O)C(O)CC1. The average Bonchev–Trinajstić information content (AvgIpc) is 3.40. The molecule has 3 atom stereocenters. The van der Waals surface area contributed by atoms with Crippen LogP contribution in [0.15, 0.2) is 11.6 Å². The van der Waals surface area contributed by atoms with Gasteiger partial charge in [-0.2, -0.15) is 0 Å². The number of nitrogens with zero attached hydrogens (tertiary/aromatic N) is 2. The van der Waals surface area contributed by atoms with Crippen molar-refractivity contribution in [1.82, 2.24) is 9.91 Å². The molecule has 0 aromatic heterocycles. The Morgan fingerprint density at radius 3 is 1.24 bits per heavy atom. The van der Waals surface area contributed by atoms with Crippen LogP contribution in [-0.2, 0) is 19.1 Å². The number of allylic oxidation sites excluding steroid dienone is 1. The van der Waals surface area contributed by atoms with Crippen LogP contribution in [0.4, 0.5) is 0 Å². The smallest absolute Gasteiger partial charge is 0.306 e. The average molecular weight is 1080 g/mol. The molecule has 0 saturated carbocycles. The number of aliphatic hydroxyl groups is 2. The van der Waals surface area contributed by atoms with Crippen molar-refractivity contribution in [1.29, 1.82) is 0 Å². The number of rotatable bonds is 58. The zero-order chi connectivity index (χ0) is 55.4. The summed E-state index contributed by atoms with van der Waals surface area (Å²) in [5, 5.41) is 21.6. The largest absolute Gasteiger partial charge is 0.462 e. The first kappa shape index (κ1) is 72.5. The summed E-state index contributed by atoms with van der Waals surface area (Å²) in [6.07, 6.45) is 55.3. The van der Waals surface area contributed by atoms with Crippen molar-refractivity contribution in [3.8, 4) is 0 Å². The molecule has 3 unspecified atom stereocenters. The molecule has 0 fully saturated rings. The van der Waals surface area contributed by atoms with E-state index in [1.165, 1.54) is 185 Å². The van der Waals surface area contributed by atoms with Gasteiger partial charge in [0.2, 0.25) is 0 Å². The van der Waals surface area contributed by atoms with Gasteiger partial charge in [0, 0.05) is 32.0 Å². The van der Waals surface area contributed by atoms with Crippen LogP contribution < -0.4 is 11.6 Å². The number of unbranched alkanes of at least 4 members (excludes halogenated alkanes) is 30. The quantitative estimate of drug-likeness (QED) is 0.0152. The van der Waals surface area contributed by atoms with Crippen LogP contribution in [0.3, 0.4) is 0 Å². The Morgan fingerprint density at radius 1 is 0.487 bits per heavy atom. The minimum absolute atomic E-state index is 0.0196. The van der Waals surface area contributed by atoms with Crippen LogP contribution in [0.2, 0.25) is 0 Å². The highest BCUT2D eigenvalue weighted by molar-refractivity contribution is 5.69. The second-order valence-corrected chi connectivity index (χ2v) is 24.0. The Hall–Kier alpha value is -1.56. The first-order valence-corrected chi connectivity index (χ1v) is 33.5. The third kappa shape index (κ3) is 46.2. The van der Waals surface area contributed by atoms with Gasteiger partial charge in [-0.25, -0.2) is 5.01 Å². The summed E-state index contributed by atoms with van der Waals surface area (Å²) in [7, 11) is 0. The lowest BCUT2D eigenvalue weighted by molar-refractivity contribution is -0.151. The molecule has 10 heteroatoms. The van der Waals surface area contributed by atoms with Crippen molar-refractivity contribution >= 4 is 11.9 Å². The van der Waals surface area contributed by atoms with Crippen molar-refractivity contribution in [3.63, 3.8) is 0 Å². The van der Waals surface area contributed by atoms with Crippen molar-refractivity contribution in [2.24, 2.45) is 11.6 Å². The lowest BCUT2D eigenvalue weighted by atomic mass is 9.92. The number of hydrogen-bond donors (Lipinski definition) is 4. The van der Waals surface area contributed by atoms with Crippen molar-refractivity contribution in [3.05, 3.63) is 11.6 Å². The molecule has 0 aromatic carbocycles. The number of aliphatic hydroxyl groups excluding tert-OH is 2. The molecule has 10 nitrogen and oxygen atoms in total. The van der Waals surface area contributed by atoms with E-state index in [1.54, 1.807) is 0 Å². The molecule has 1 aliphatic rings. The Balaban J connectivity index is 2.55. The number of ether oxygens (including phenoxy) is 2. The van der Waals surface area contributed by atoms with Gasteiger partial charge >= 0.3 is 11.9 Å². The van der Waals surface area contributed by atoms with E-state index < -0.39 is 12.2 Å². The third-order valence-electron chi connectivity index (χ3n) is 16.3. The normalized spacial score (nSPS) is 15.4. The van der Waals surface area contributed by atoms with E-state index in [4.69, 9.17) is 21.1 Å². The Labute approximate surface area is 471 Å². The lowest BCUT2D eigenvalue weighted by Gasteiger charge is -2.24. The number of hydrogen-bond acceptors (Lipinski definition) is 10. The van der Waals surface area contributed by atoms with Crippen LogP contribution in [-0.4, -0.2) is 95.2 Å². The topological polar surface area (TPSA) is 152 Å².